The molecule has 1 aliphatic heterocycles. The van der Waals surface area contributed by atoms with Gasteiger partial charge < -0.3 is 10.0 Å². The number of hydrogen-bond acceptors (Lipinski definition) is 4. The van der Waals surface area contributed by atoms with E-state index >= 15 is 0 Å². The first-order valence-corrected chi connectivity index (χ1v) is 11.4. The van der Waals surface area contributed by atoms with Gasteiger partial charge in [-0.05, 0) is 43.9 Å². The number of carbonyl (C=O) groups is 3. The first-order valence-electron chi connectivity index (χ1n) is 11.4. The average molecular weight is 439 g/mol. The molecule has 1 unspecified atom stereocenters. The standard InChI is InChI=1S/C25H32N3O4/c1-3-4-5-7-15-27(2)21-14-13-19-22-17(21)10-9-11-18(22)23(29)28(24(19)30)16-8-6-12-20(26)25(31)32/h9-11,13-14,20,26H,3-8,12,15-16H2,1-2H3,(H,31,32). The fourth-order valence-electron chi connectivity index (χ4n) is 4.30. The summed E-state index contributed by atoms with van der Waals surface area (Å²) < 4.78 is 0. The average Bonchev–Trinajstić information content (AvgIpc) is 2.78. The molecule has 32 heavy (non-hydrogen) atoms. The molecule has 2 amide bonds. The Labute approximate surface area is 189 Å². The Balaban J connectivity index is 1.79. The lowest BCUT2D eigenvalue weighted by Gasteiger charge is -2.29. The minimum Gasteiger partial charge on any atom is -0.480 e. The summed E-state index contributed by atoms with van der Waals surface area (Å²) in [6, 6.07) is 8.20. The monoisotopic (exact) mass is 438 g/mol. The molecule has 7 heteroatoms. The highest BCUT2D eigenvalue weighted by Crippen LogP contribution is 2.36. The molecule has 2 aromatic carbocycles. The molecule has 0 spiro atoms. The van der Waals surface area contributed by atoms with Crippen LogP contribution in [0.2, 0.25) is 0 Å². The van der Waals surface area contributed by atoms with Gasteiger partial charge in [-0.25, -0.2) is 5.73 Å². The van der Waals surface area contributed by atoms with E-state index in [2.05, 4.69) is 11.8 Å². The van der Waals surface area contributed by atoms with Crippen LogP contribution in [0.25, 0.3) is 10.8 Å². The van der Waals surface area contributed by atoms with Crippen LogP contribution in [0.3, 0.4) is 0 Å². The maximum Gasteiger partial charge on any atom is 0.322 e. The van der Waals surface area contributed by atoms with E-state index in [9.17, 15) is 14.4 Å². The number of carbonyl (C=O) groups excluding carboxylic acids is 2. The number of aliphatic carboxylic acids is 1. The van der Waals surface area contributed by atoms with Crippen LogP contribution in [-0.4, -0.2) is 54.0 Å². The zero-order valence-electron chi connectivity index (χ0n) is 18.9. The van der Waals surface area contributed by atoms with Gasteiger partial charge in [0.15, 0.2) is 0 Å². The summed E-state index contributed by atoms with van der Waals surface area (Å²) in [7, 11) is 2.05. The van der Waals surface area contributed by atoms with Crippen LogP contribution in [-0.2, 0) is 4.79 Å². The van der Waals surface area contributed by atoms with Crippen molar-refractivity contribution in [1.82, 2.24) is 10.6 Å². The van der Waals surface area contributed by atoms with Crippen molar-refractivity contribution in [2.45, 2.75) is 57.9 Å². The Morgan fingerprint density at radius 1 is 1.03 bits per heavy atom. The van der Waals surface area contributed by atoms with Crippen LogP contribution in [0.4, 0.5) is 5.69 Å². The van der Waals surface area contributed by atoms with E-state index in [-0.39, 0.29) is 24.8 Å². The normalized spacial score (nSPS) is 14.2. The fourth-order valence-corrected chi connectivity index (χ4v) is 4.30. The van der Waals surface area contributed by atoms with Crippen molar-refractivity contribution in [2.24, 2.45) is 0 Å². The number of imide groups is 1. The second-order valence-electron chi connectivity index (χ2n) is 8.49. The Morgan fingerprint density at radius 3 is 2.44 bits per heavy atom. The Morgan fingerprint density at radius 2 is 1.75 bits per heavy atom. The molecule has 1 heterocycles. The van der Waals surface area contributed by atoms with Gasteiger partial charge in [0, 0.05) is 47.7 Å². The molecule has 1 atom stereocenters. The lowest BCUT2D eigenvalue weighted by atomic mass is 9.92. The van der Waals surface area contributed by atoms with E-state index in [0.29, 0.717) is 29.4 Å². The molecule has 0 saturated carbocycles. The van der Waals surface area contributed by atoms with Crippen molar-refractivity contribution in [3.05, 3.63) is 41.5 Å². The first kappa shape index (κ1) is 23.7. The summed E-state index contributed by atoms with van der Waals surface area (Å²) in [5.74, 6) is -1.77. The number of rotatable bonds is 12. The molecule has 2 aromatic rings. The number of carboxylic acid groups (broad SMARTS) is 1. The largest absolute Gasteiger partial charge is 0.480 e. The number of nitrogens with one attached hydrogen (secondary N) is 1. The van der Waals surface area contributed by atoms with Gasteiger partial charge in [0.05, 0.1) is 0 Å². The molecule has 1 radical (unpaired) electrons. The van der Waals surface area contributed by atoms with Crippen LogP contribution in [0.1, 0.15) is 72.6 Å². The number of nitrogens with zero attached hydrogens (tertiary/aromatic N) is 2. The summed E-state index contributed by atoms with van der Waals surface area (Å²) in [5, 5.41) is 10.5. The maximum absolute atomic E-state index is 13.1. The molecule has 171 valence electrons. The first-order chi connectivity index (χ1) is 15.4. The van der Waals surface area contributed by atoms with E-state index in [0.717, 1.165) is 24.0 Å². The zero-order valence-corrected chi connectivity index (χ0v) is 18.9. The number of hydrogen-bond donors (Lipinski definition) is 1. The van der Waals surface area contributed by atoms with Gasteiger partial charge in [0.25, 0.3) is 11.8 Å². The quantitative estimate of drug-likeness (QED) is 0.392. The number of carboxylic acids is 1. The molecular formula is C25H32N3O4. The van der Waals surface area contributed by atoms with Crippen LogP contribution >= 0.6 is 0 Å². The van der Waals surface area contributed by atoms with Crippen molar-refractivity contribution in [3.63, 3.8) is 0 Å². The number of benzene rings is 2. The van der Waals surface area contributed by atoms with Crippen LogP contribution in [0.15, 0.2) is 30.3 Å². The van der Waals surface area contributed by atoms with Gasteiger partial charge in [-0.1, -0.05) is 38.3 Å². The third-order valence-corrected chi connectivity index (χ3v) is 6.15. The Kier molecular flexibility index (Phi) is 7.85. The summed E-state index contributed by atoms with van der Waals surface area (Å²) in [4.78, 5) is 40.5. The molecule has 0 aliphatic carbocycles. The van der Waals surface area contributed by atoms with Gasteiger partial charge in [-0.3, -0.25) is 19.3 Å². The van der Waals surface area contributed by atoms with E-state index in [1.54, 1.807) is 6.07 Å². The zero-order chi connectivity index (χ0) is 23.3. The van der Waals surface area contributed by atoms with Crippen molar-refractivity contribution < 1.29 is 19.5 Å². The van der Waals surface area contributed by atoms with Crippen molar-refractivity contribution in [2.75, 3.05) is 25.0 Å². The number of anilines is 1. The summed E-state index contributed by atoms with van der Waals surface area (Å²) >= 11 is 0. The second-order valence-corrected chi connectivity index (χ2v) is 8.49. The van der Waals surface area contributed by atoms with E-state index in [4.69, 9.17) is 10.8 Å². The van der Waals surface area contributed by atoms with Crippen LogP contribution < -0.4 is 10.6 Å². The second kappa shape index (κ2) is 10.6. The highest BCUT2D eigenvalue weighted by Gasteiger charge is 2.33. The van der Waals surface area contributed by atoms with Crippen molar-refractivity contribution >= 4 is 34.2 Å². The Hall–Kier alpha value is -2.93. The fraction of sp³-hybridized carbons (Fsp3) is 0.480. The topological polar surface area (TPSA) is 102 Å². The van der Waals surface area contributed by atoms with Crippen molar-refractivity contribution in [1.29, 1.82) is 0 Å². The molecule has 1 aliphatic rings. The summed E-state index contributed by atoms with van der Waals surface area (Å²) in [6.07, 6.45) is 5.83. The number of amides is 2. The summed E-state index contributed by atoms with van der Waals surface area (Å²) in [6.45, 7) is 3.33. The molecule has 0 bridgehead atoms. The molecule has 3 rings (SSSR count). The Bertz CT molecular complexity index is 982. The van der Waals surface area contributed by atoms with Gasteiger partial charge in [0.2, 0.25) is 0 Å². The minimum atomic E-state index is -1.17. The molecule has 0 saturated heterocycles. The third-order valence-electron chi connectivity index (χ3n) is 6.15. The highest BCUT2D eigenvalue weighted by molar-refractivity contribution is 6.26. The SMILES string of the molecule is CCCCCCN(C)c1ccc2c3c(cccc13)C(=O)N(CCCCC([NH])C(=O)O)C2=O. The van der Waals surface area contributed by atoms with E-state index in [1.165, 1.54) is 24.2 Å². The predicted octanol–water partition coefficient (Wildman–Crippen LogP) is 4.36. The minimum absolute atomic E-state index is 0.200. The molecule has 7 nitrogen and oxygen atoms in total. The summed E-state index contributed by atoms with van der Waals surface area (Å²) in [5.41, 5.74) is 9.55. The molecule has 0 aromatic heterocycles. The molecular weight excluding hydrogens is 406 g/mol. The highest BCUT2D eigenvalue weighted by atomic mass is 16.4. The lowest BCUT2D eigenvalue weighted by molar-refractivity contribution is -0.138. The van der Waals surface area contributed by atoms with Gasteiger partial charge in [-0.2, -0.15) is 0 Å². The predicted molar refractivity (Wildman–Crippen MR) is 125 cm³/mol. The van der Waals surface area contributed by atoms with Gasteiger partial charge >= 0.3 is 5.97 Å². The molecule has 2 N–H and O–H groups in total. The lowest BCUT2D eigenvalue weighted by Crippen LogP contribution is -2.41. The van der Waals surface area contributed by atoms with Gasteiger partial charge in [0.1, 0.15) is 6.04 Å². The molecule has 0 fully saturated rings. The third kappa shape index (κ3) is 4.93. The van der Waals surface area contributed by atoms with Crippen LogP contribution in [0, 0.1) is 0 Å². The van der Waals surface area contributed by atoms with E-state index < -0.39 is 12.0 Å². The number of unbranched alkanes of at least 4 members (excludes halogenated alkanes) is 4. The van der Waals surface area contributed by atoms with E-state index in [1.807, 2.05) is 31.3 Å². The van der Waals surface area contributed by atoms with Crippen LogP contribution in [0.5, 0.6) is 0 Å². The smallest absolute Gasteiger partial charge is 0.322 e. The maximum atomic E-state index is 13.1. The van der Waals surface area contributed by atoms with Gasteiger partial charge in [-0.15, -0.1) is 0 Å². The van der Waals surface area contributed by atoms with Crippen molar-refractivity contribution in [3.8, 4) is 0 Å².